The van der Waals surface area contributed by atoms with Gasteiger partial charge in [-0.25, -0.2) is 0 Å². The van der Waals surface area contributed by atoms with Crippen LogP contribution in [0.25, 0.3) is 0 Å². The summed E-state index contributed by atoms with van der Waals surface area (Å²) in [5.74, 6) is 0. The van der Waals surface area contributed by atoms with Crippen LogP contribution in [0.15, 0.2) is 0 Å². The first-order valence-corrected chi connectivity index (χ1v) is 2.14. The Labute approximate surface area is 53.0 Å². The fourth-order valence-corrected chi connectivity index (χ4v) is 0. The third-order valence-electron chi connectivity index (χ3n) is 0.0278. The third-order valence-corrected chi connectivity index (χ3v) is 0.972. The molecule has 0 bridgehead atoms. The molecule has 0 saturated carbocycles. The van der Waals surface area contributed by atoms with Gasteiger partial charge in [-0.15, -0.1) is 0 Å². The van der Waals surface area contributed by atoms with E-state index in [4.69, 9.17) is 0 Å². The van der Waals surface area contributed by atoms with Crippen molar-refractivity contribution in [3.63, 3.8) is 0 Å². The Bertz CT molecular complexity index is 6.85. The predicted molar refractivity (Wildman–Crippen MR) is 5.78 cm³/mol. The second kappa shape index (κ2) is 8.98. The summed E-state index contributed by atoms with van der Waals surface area (Å²) >= 11 is 2.81. The van der Waals surface area contributed by atoms with E-state index in [0.29, 0.717) is 0 Å². The van der Waals surface area contributed by atoms with Crippen molar-refractivity contribution < 1.29 is 52.9 Å². The van der Waals surface area contributed by atoms with E-state index in [1.165, 1.54) is 40.4 Å². The van der Waals surface area contributed by atoms with Gasteiger partial charge in [-0.05, 0) is 0 Å². The Morgan fingerprint density at radius 2 is 1.20 bits per heavy atom. The van der Waals surface area contributed by atoms with Crippen molar-refractivity contribution in [2.75, 3.05) is 0 Å². The van der Waals surface area contributed by atoms with E-state index < -0.39 is 0 Å². The summed E-state index contributed by atoms with van der Waals surface area (Å²) < 4.78 is 8.11. The zero-order valence-corrected chi connectivity index (χ0v) is 6.15. The molecule has 0 radical (unpaired) electrons. The van der Waals surface area contributed by atoms with Crippen LogP contribution in [0.5, 0.6) is 0 Å². The molecule has 0 aromatic rings. The van der Waals surface area contributed by atoms with Crippen LogP contribution in [0.3, 0.4) is 0 Å². The van der Waals surface area contributed by atoms with Crippen LogP contribution < -0.4 is 0 Å². The van der Waals surface area contributed by atoms with Gasteiger partial charge in [0.1, 0.15) is 0 Å². The Hall–Kier alpha value is 1.26. The first-order chi connectivity index (χ1) is 1.91. The molecule has 3 nitrogen and oxygen atoms in total. The molecule has 0 amide bonds. The average Bonchev–Trinajstić information content (AvgIpc) is 1.37. The number of rotatable bonds is 1. The molecule has 0 rings (SSSR count). The van der Waals surface area contributed by atoms with E-state index in [0.717, 1.165) is 0 Å². The molecule has 2 N–H and O–H groups in total. The summed E-state index contributed by atoms with van der Waals surface area (Å²) in [6, 6.07) is 0. The van der Waals surface area contributed by atoms with Gasteiger partial charge in [-0.3, -0.25) is 0 Å². The molecule has 0 heterocycles. The molecule has 5 heteroatoms. The molecule has 0 aromatic carbocycles. The summed E-state index contributed by atoms with van der Waals surface area (Å²) in [7, 11) is 0. The quantitative estimate of drug-likeness (QED) is 0.337. The van der Waals surface area contributed by atoms with Crippen molar-refractivity contribution in [1.82, 2.24) is 0 Å². The van der Waals surface area contributed by atoms with Gasteiger partial charge >= 0.3 is 47.5 Å². The van der Waals surface area contributed by atoms with Crippen molar-refractivity contribution >= 4 is 0 Å². The van der Waals surface area contributed by atoms with Crippen LogP contribution in [0.1, 0.15) is 0 Å². The molecular formula is H2Mo2O3. The predicted octanol–water partition coefficient (Wildman–Crippen LogP) is -0.967. The minimum absolute atomic E-state index is 0. The molecule has 0 aromatic heterocycles. The van der Waals surface area contributed by atoms with Crippen molar-refractivity contribution in [1.29, 1.82) is 0 Å². The van der Waals surface area contributed by atoms with E-state index in [-0.39, 0.29) is 5.48 Å². The summed E-state index contributed by atoms with van der Waals surface area (Å²) in [4.78, 5) is 0. The van der Waals surface area contributed by atoms with Crippen LogP contribution in [0.2, 0.25) is 0 Å². The second-order valence-corrected chi connectivity index (χ2v) is 0.805. The van der Waals surface area contributed by atoms with E-state index in [9.17, 15) is 0 Å². The number of hydrogen-bond donors (Lipinski definition) is 0. The van der Waals surface area contributed by atoms with Crippen LogP contribution in [0.4, 0.5) is 0 Å². The fourth-order valence-electron chi connectivity index (χ4n) is 0. The SMILES string of the molecule is O.[Mo][O][O][Mo]. The van der Waals surface area contributed by atoms with Gasteiger partial charge in [-0.1, -0.05) is 0 Å². The standard InChI is InChI=1S/2Mo.O2.H2O/c;;1-2;/h;;;1H2/q2*+1;-2;. The molecule has 0 aliphatic carbocycles. The number of hydrogen-bond acceptors (Lipinski definition) is 2. The zero-order valence-electron chi connectivity index (χ0n) is 2.13. The minimum atomic E-state index is 0. The van der Waals surface area contributed by atoms with E-state index >= 15 is 0 Å². The first-order valence-electron chi connectivity index (χ1n) is 0.500. The summed E-state index contributed by atoms with van der Waals surface area (Å²) in [5, 5.41) is 0. The molecule has 32 valence electrons. The Morgan fingerprint density at radius 1 is 1.00 bits per heavy atom. The van der Waals surface area contributed by atoms with Crippen molar-refractivity contribution in [2.45, 2.75) is 0 Å². The average molecular weight is 242 g/mol. The topological polar surface area (TPSA) is 50.0 Å². The second-order valence-electron chi connectivity index (χ2n) is 0.136. The summed E-state index contributed by atoms with van der Waals surface area (Å²) in [6.07, 6.45) is 0. The van der Waals surface area contributed by atoms with Gasteiger partial charge in [-0.2, -0.15) is 0 Å². The van der Waals surface area contributed by atoms with Gasteiger partial charge in [0.05, 0.1) is 0 Å². The maximum atomic E-state index is 4.06. The van der Waals surface area contributed by atoms with Crippen LogP contribution in [-0.4, -0.2) is 5.48 Å². The van der Waals surface area contributed by atoms with Crippen LogP contribution >= 0.6 is 0 Å². The van der Waals surface area contributed by atoms with E-state index in [2.05, 4.69) is 7.08 Å². The fraction of sp³-hybridized carbons (Fsp3) is 0. The molecular weight excluding hydrogens is 240 g/mol. The van der Waals surface area contributed by atoms with Crippen molar-refractivity contribution in [2.24, 2.45) is 0 Å². The van der Waals surface area contributed by atoms with Gasteiger partial charge in [0.15, 0.2) is 0 Å². The van der Waals surface area contributed by atoms with Gasteiger partial charge in [0.2, 0.25) is 0 Å². The van der Waals surface area contributed by atoms with Gasteiger partial charge < -0.3 is 5.48 Å². The molecule has 0 saturated heterocycles. The molecule has 0 aliphatic rings. The molecule has 0 spiro atoms. The Kier molecular flexibility index (Phi) is 17.1. The van der Waals surface area contributed by atoms with Crippen LogP contribution in [-0.2, 0) is 47.5 Å². The molecule has 0 fully saturated rings. The molecule has 0 atom stereocenters. The van der Waals surface area contributed by atoms with Gasteiger partial charge in [0, 0.05) is 0 Å². The molecule has 5 heavy (non-hydrogen) atoms. The van der Waals surface area contributed by atoms with Crippen molar-refractivity contribution in [3.05, 3.63) is 0 Å². The van der Waals surface area contributed by atoms with Gasteiger partial charge in [0.25, 0.3) is 0 Å². The summed E-state index contributed by atoms with van der Waals surface area (Å²) in [5.41, 5.74) is 0. The summed E-state index contributed by atoms with van der Waals surface area (Å²) in [6.45, 7) is 0. The monoisotopic (exact) mass is 246 g/mol. The normalized spacial score (nSPS) is 5.60. The third kappa shape index (κ3) is 10.9. The zero-order chi connectivity index (χ0) is 3.41. The maximum absolute atomic E-state index is 4.06. The van der Waals surface area contributed by atoms with E-state index in [1.807, 2.05) is 0 Å². The Morgan fingerprint density at radius 3 is 1.20 bits per heavy atom. The molecule has 0 unspecified atom stereocenters. The Balaban J connectivity index is 0. The van der Waals surface area contributed by atoms with E-state index in [1.54, 1.807) is 0 Å². The first kappa shape index (κ1) is 9.54. The van der Waals surface area contributed by atoms with Crippen LogP contribution in [0, 0.1) is 0 Å². The van der Waals surface area contributed by atoms with Crippen molar-refractivity contribution in [3.8, 4) is 0 Å². The molecule has 0 aliphatic heterocycles.